The van der Waals surface area contributed by atoms with Gasteiger partial charge in [-0.05, 0) is 24.9 Å². The summed E-state index contributed by atoms with van der Waals surface area (Å²) in [6.07, 6.45) is 6.50. The lowest BCUT2D eigenvalue weighted by Crippen LogP contribution is -2.47. The summed E-state index contributed by atoms with van der Waals surface area (Å²) in [5, 5.41) is 0. The van der Waals surface area contributed by atoms with Crippen LogP contribution in [0, 0.1) is 0 Å². The van der Waals surface area contributed by atoms with Crippen LogP contribution in [0.1, 0.15) is 18.4 Å². The van der Waals surface area contributed by atoms with Gasteiger partial charge in [-0.25, -0.2) is 0 Å². The molecule has 0 aliphatic carbocycles. The quantitative estimate of drug-likeness (QED) is 0.724. The summed E-state index contributed by atoms with van der Waals surface area (Å²) < 4.78 is 6.10. The highest BCUT2D eigenvalue weighted by Gasteiger charge is 2.28. The van der Waals surface area contributed by atoms with E-state index < -0.39 is 0 Å². The minimum Gasteiger partial charge on any atom is -0.372 e. The van der Waals surface area contributed by atoms with Crippen molar-refractivity contribution >= 4 is 0 Å². The van der Waals surface area contributed by atoms with Crippen molar-refractivity contribution in [3.8, 4) is 0 Å². The predicted octanol–water partition coefficient (Wildman–Crippen LogP) is 3.41. The number of hydrogen-bond acceptors (Lipinski definition) is 2. The molecule has 2 rings (SSSR count). The van der Waals surface area contributed by atoms with Crippen LogP contribution in [-0.4, -0.2) is 30.1 Å². The van der Waals surface area contributed by atoms with Crippen molar-refractivity contribution in [3.63, 3.8) is 0 Å². The van der Waals surface area contributed by atoms with Crippen molar-refractivity contribution in [1.82, 2.24) is 4.90 Å². The van der Waals surface area contributed by atoms with Crippen LogP contribution >= 0.6 is 0 Å². The maximum Gasteiger partial charge on any atom is 0.0771 e. The summed E-state index contributed by atoms with van der Waals surface area (Å²) >= 11 is 0. The number of hydrogen-bond donors (Lipinski definition) is 0. The first kappa shape index (κ1) is 14.0. The molecule has 2 atom stereocenters. The number of piperidine rings is 1. The second-order valence-corrected chi connectivity index (χ2v) is 4.99. The van der Waals surface area contributed by atoms with Crippen LogP contribution < -0.4 is 0 Å². The molecule has 1 aromatic rings. The van der Waals surface area contributed by atoms with Gasteiger partial charge in [0.05, 0.1) is 18.8 Å². The summed E-state index contributed by atoms with van der Waals surface area (Å²) in [6, 6.07) is 10.6. The lowest BCUT2D eigenvalue weighted by atomic mass is 9.98. The molecule has 19 heavy (non-hydrogen) atoms. The summed E-state index contributed by atoms with van der Waals surface area (Å²) in [5.41, 5.74) is 1.23. The summed E-state index contributed by atoms with van der Waals surface area (Å²) in [7, 11) is 0. The molecule has 2 heteroatoms. The first-order valence-electron chi connectivity index (χ1n) is 6.98. The van der Waals surface area contributed by atoms with Crippen molar-refractivity contribution in [2.45, 2.75) is 31.6 Å². The summed E-state index contributed by atoms with van der Waals surface area (Å²) in [6.45, 7) is 10.5. The molecule has 1 aliphatic rings. The molecule has 0 N–H and O–H groups in total. The van der Waals surface area contributed by atoms with Crippen LogP contribution in [0.15, 0.2) is 55.6 Å². The molecule has 2 nitrogen and oxygen atoms in total. The third kappa shape index (κ3) is 3.79. The van der Waals surface area contributed by atoms with Gasteiger partial charge >= 0.3 is 0 Å². The van der Waals surface area contributed by atoms with E-state index in [1.807, 2.05) is 18.2 Å². The van der Waals surface area contributed by atoms with Crippen molar-refractivity contribution in [2.75, 3.05) is 13.1 Å². The standard InChI is InChI=1S/C17H23NO/c1-3-12-18-13-8-11-17(16(18)4-2)19-14-15-9-6-5-7-10-15/h3-7,9-10,16-17H,1-2,8,11-14H2/t16-,17+/m1/s1. The Hall–Kier alpha value is -1.38. The van der Waals surface area contributed by atoms with E-state index in [1.54, 1.807) is 0 Å². The Balaban J connectivity index is 1.94. The topological polar surface area (TPSA) is 12.5 Å². The maximum atomic E-state index is 6.10. The van der Waals surface area contributed by atoms with Gasteiger partial charge in [0.1, 0.15) is 0 Å². The minimum absolute atomic E-state index is 0.242. The lowest BCUT2D eigenvalue weighted by Gasteiger charge is -2.39. The average molecular weight is 257 g/mol. The third-order valence-corrected chi connectivity index (χ3v) is 3.65. The number of likely N-dealkylation sites (tertiary alicyclic amines) is 1. The minimum atomic E-state index is 0.242. The van der Waals surface area contributed by atoms with E-state index >= 15 is 0 Å². The first-order chi connectivity index (χ1) is 9.35. The van der Waals surface area contributed by atoms with Gasteiger partial charge in [-0.2, -0.15) is 0 Å². The van der Waals surface area contributed by atoms with Crippen LogP contribution in [0.4, 0.5) is 0 Å². The van der Waals surface area contributed by atoms with E-state index in [-0.39, 0.29) is 6.10 Å². The van der Waals surface area contributed by atoms with Gasteiger partial charge in [-0.1, -0.05) is 42.5 Å². The molecular weight excluding hydrogens is 234 g/mol. The Kier molecular flexibility index (Phi) is 5.37. The molecule has 1 fully saturated rings. The van der Waals surface area contributed by atoms with Gasteiger partial charge < -0.3 is 4.74 Å². The highest BCUT2D eigenvalue weighted by Crippen LogP contribution is 2.22. The van der Waals surface area contributed by atoms with E-state index in [1.165, 1.54) is 12.0 Å². The lowest BCUT2D eigenvalue weighted by molar-refractivity contribution is -0.0317. The molecule has 0 bridgehead atoms. The van der Waals surface area contributed by atoms with Crippen molar-refractivity contribution in [3.05, 3.63) is 61.2 Å². The van der Waals surface area contributed by atoms with Gasteiger partial charge in [-0.15, -0.1) is 13.2 Å². The van der Waals surface area contributed by atoms with Crippen molar-refractivity contribution < 1.29 is 4.74 Å². The molecule has 0 aromatic heterocycles. The Bertz CT molecular complexity index is 401. The summed E-state index contributed by atoms with van der Waals surface area (Å²) in [5.74, 6) is 0. The molecule has 0 radical (unpaired) electrons. The van der Waals surface area contributed by atoms with Gasteiger partial charge in [0.25, 0.3) is 0 Å². The zero-order valence-corrected chi connectivity index (χ0v) is 11.5. The van der Waals surface area contributed by atoms with Crippen LogP contribution in [0.3, 0.4) is 0 Å². The second-order valence-electron chi connectivity index (χ2n) is 4.99. The van der Waals surface area contributed by atoms with Gasteiger partial charge in [-0.3, -0.25) is 4.90 Å². The third-order valence-electron chi connectivity index (χ3n) is 3.65. The predicted molar refractivity (Wildman–Crippen MR) is 80.0 cm³/mol. The molecule has 0 spiro atoms. The van der Waals surface area contributed by atoms with Crippen LogP contribution in [0.2, 0.25) is 0 Å². The molecule has 0 saturated carbocycles. The van der Waals surface area contributed by atoms with Crippen LogP contribution in [-0.2, 0) is 11.3 Å². The summed E-state index contributed by atoms with van der Waals surface area (Å²) in [4.78, 5) is 2.39. The fraction of sp³-hybridized carbons (Fsp3) is 0.412. The molecule has 102 valence electrons. The zero-order chi connectivity index (χ0) is 13.5. The first-order valence-corrected chi connectivity index (χ1v) is 6.98. The maximum absolute atomic E-state index is 6.10. The molecule has 1 aliphatic heterocycles. The van der Waals surface area contributed by atoms with Crippen molar-refractivity contribution in [2.24, 2.45) is 0 Å². The number of rotatable bonds is 6. The normalized spacial score (nSPS) is 24.0. The Morgan fingerprint density at radius 1 is 1.26 bits per heavy atom. The Labute approximate surface area is 116 Å². The molecule has 1 saturated heterocycles. The Morgan fingerprint density at radius 2 is 2.05 bits per heavy atom. The van der Waals surface area contributed by atoms with Gasteiger partial charge in [0.2, 0.25) is 0 Å². The largest absolute Gasteiger partial charge is 0.372 e. The monoisotopic (exact) mass is 257 g/mol. The molecule has 0 unspecified atom stereocenters. The molecular formula is C17H23NO. The number of nitrogens with zero attached hydrogens (tertiary/aromatic N) is 1. The fourth-order valence-corrected chi connectivity index (χ4v) is 2.69. The van der Waals surface area contributed by atoms with E-state index in [4.69, 9.17) is 4.74 Å². The van der Waals surface area contributed by atoms with E-state index in [0.717, 1.165) is 19.5 Å². The molecule has 1 aromatic carbocycles. The Morgan fingerprint density at radius 3 is 2.74 bits per heavy atom. The highest BCUT2D eigenvalue weighted by molar-refractivity contribution is 5.13. The van der Waals surface area contributed by atoms with Gasteiger partial charge in [0, 0.05) is 6.54 Å². The number of ether oxygens (including phenoxy) is 1. The average Bonchev–Trinajstić information content (AvgIpc) is 2.46. The fourth-order valence-electron chi connectivity index (χ4n) is 2.69. The van der Waals surface area contributed by atoms with E-state index in [2.05, 4.69) is 42.3 Å². The smallest absolute Gasteiger partial charge is 0.0771 e. The zero-order valence-electron chi connectivity index (χ0n) is 11.5. The molecule has 1 heterocycles. The SMILES string of the molecule is C=CCN1CCC[C@H](OCc2ccccc2)[C@H]1C=C. The van der Waals surface area contributed by atoms with Crippen LogP contribution in [0.5, 0.6) is 0 Å². The van der Waals surface area contributed by atoms with Crippen LogP contribution in [0.25, 0.3) is 0 Å². The second kappa shape index (κ2) is 7.27. The number of benzene rings is 1. The van der Waals surface area contributed by atoms with Gasteiger partial charge in [0.15, 0.2) is 0 Å². The highest BCUT2D eigenvalue weighted by atomic mass is 16.5. The van der Waals surface area contributed by atoms with E-state index in [9.17, 15) is 0 Å². The van der Waals surface area contributed by atoms with E-state index in [0.29, 0.717) is 12.6 Å². The van der Waals surface area contributed by atoms with Crippen molar-refractivity contribution in [1.29, 1.82) is 0 Å². The molecule has 0 amide bonds.